The van der Waals surface area contributed by atoms with E-state index in [1.54, 1.807) is 13.8 Å². The maximum atomic E-state index is 11.4. The van der Waals surface area contributed by atoms with Crippen molar-refractivity contribution >= 4 is 23.8 Å². The lowest BCUT2D eigenvalue weighted by molar-refractivity contribution is -0.147. The smallest absolute Gasteiger partial charge is 0.314 e. The maximum absolute atomic E-state index is 11.4. The molecule has 0 fully saturated rings. The number of carboxylic acid groups (broad SMARTS) is 1. The highest BCUT2D eigenvalue weighted by Gasteiger charge is 2.31. The number of amides is 2. The number of rotatable bonds is 9. The molecule has 0 aromatic heterocycles. The number of urea groups is 1. The molecule has 0 aliphatic heterocycles. The Bertz CT molecular complexity index is 274. The van der Waals surface area contributed by atoms with Gasteiger partial charge in [-0.15, -0.1) is 0 Å². The van der Waals surface area contributed by atoms with Gasteiger partial charge in [0.15, 0.2) is 0 Å². The van der Waals surface area contributed by atoms with Gasteiger partial charge in [0.05, 0.1) is 5.41 Å². The van der Waals surface area contributed by atoms with Crippen LogP contribution in [0.2, 0.25) is 0 Å². The topological polar surface area (TPSA) is 78.4 Å². The molecule has 0 saturated carbocycles. The van der Waals surface area contributed by atoms with E-state index in [2.05, 4.69) is 17.6 Å². The number of aliphatic carboxylic acids is 1. The van der Waals surface area contributed by atoms with Gasteiger partial charge in [0.2, 0.25) is 0 Å². The summed E-state index contributed by atoms with van der Waals surface area (Å²) in [5.41, 5.74) is -0.893. The first-order valence-electron chi connectivity index (χ1n) is 6.29. The molecule has 0 aliphatic rings. The van der Waals surface area contributed by atoms with Gasteiger partial charge in [-0.05, 0) is 31.3 Å². The minimum atomic E-state index is -0.893. The third kappa shape index (κ3) is 6.74. The highest BCUT2D eigenvalue weighted by molar-refractivity contribution is 7.99. The van der Waals surface area contributed by atoms with Crippen molar-refractivity contribution in [1.29, 1.82) is 0 Å². The second-order valence-corrected chi connectivity index (χ2v) is 5.77. The Hall–Kier alpha value is -0.910. The third-order valence-electron chi connectivity index (χ3n) is 2.89. The lowest BCUT2D eigenvalue weighted by atomic mass is 9.88. The number of thioether (sulfide) groups is 1. The van der Waals surface area contributed by atoms with E-state index in [0.29, 0.717) is 13.0 Å². The average molecular weight is 276 g/mol. The van der Waals surface area contributed by atoms with E-state index in [1.165, 1.54) is 0 Å². The molecule has 6 heteroatoms. The molecule has 3 N–H and O–H groups in total. The van der Waals surface area contributed by atoms with Crippen molar-refractivity contribution in [2.45, 2.75) is 33.6 Å². The fraction of sp³-hybridized carbons (Fsp3) is 0.833. The van der Waals surface area contributed by atoms with Crippen LogP contribution in [-0.2, 0) is 4.79 Å². The molecule has 2 amide bonds. The van der Waals surface area contributed by atoms with E-state index < -0.39 is 11.4 Å². The number of hydrogen-bond donors (Lipinski definition) is 3. The zero-order valence-corrected chi connectivity index (χ0v) is 12.2. The molecule has 0 saturated heterocycles. The monoisotopic (exact) mass is 276 g/mol. The van der Waals surface area contributed by atoms with Gasteiger partial charge >= 0.3 is 12.0 Å². The largest absolute Gasteiger partial charge is 0.481 e. The average Bonchev–Trinajstić information content (AvgIpc) is 2.35. The molecular formula is C12H24N2O3S. The number of hydrogen-bond acceptors (Lipinski definition) is 3. The predicted octanol–water partition coefficient (Wildman–Crippen LogP) is 1.93. The first kappa shape index (κ1) is 17.1. The van der Waals surface area contributed by atoms with Gasteiger partial charge < -0.3 is 15.7 Å². The predicted molar refractivity (Wildman–Crippen MR) is 75.1 cm³/mol. The van der Waals surface area contributed by atoms with E-state index >= 15 is 0 Å². The van der Waals surface area contributed by atoms with Gasteiger partial charge in [-0.3, -0.25) is 4.79 Å². The van der Waals surface area contributed by atoms with E-state index in [1.807, 2.05) is 11.8 Å². The van der Waals surface area contributed by atoms with Gasteiger partial charge in [0, 0.05) is 13.1 Å². The Morgan fingerprint density at radius 1 is 1.28 bits per heavy atom. The zero-order valence-electron chi connectivity index (χ0n) is 11.4. The van der Waals surface area contributed by atoms with Crippen molar-refractivity contribution in [2.75, 3.05) is 24.6 Å². The molecular weight excluding hydrogens is 252 g/mol. The van der Waals surface area contributed by atoms with Gasteiger partial charge in [0.1, 0.15) is 0 Å². The summed E-state index contributed by atoms with van der Waals surface area (Å²) in [7, 11) is 0. The molecule has 106 valence electrons. The van der Waals surface area contributed by atoms with Crippen molar-refractivity contribution in [2.24, 2.45) is 5.41 Å². The fourth-order valence-electron chi connectivity index (χ4n) is 1.21. The van der Waals surface area contributed by atoms with E-state index in [9.17, 15) is 9.59 Å². The minimum absolute atomic E-state index is 0.147. The van der Waals surface area contributed by atoms with Crippen molar-refractivity contribution in [3.8, 4) is 0 Å². The molecule has 18 heavy (non-hydrogen) atoms. The Kier molecular flexibility index (Phi) is 8.62. The Morgan fingerprint density at radius 2 is 1.94 bits per heavy atom. The lowest BCUT2D eigenvalue weighted by Crippen LogP contribution is -2.44. The molecule has 0 rings (SSSR count). The van der Waals surface area contributed by atoms with Crippen molar-refractivity contribution in [3.63, 3.8) is 0 Å². The van der Waals surface area contributed by atoms with Crippen LogP contribution < -0.4 is 10.6 Å². The summed E-state index contributed by atoms with van der Waals surface area (Å²) in [6, 6.07) is -0.294. The van der Waals surface area contributed by atoms with E-state index in [0.717, 1.165) is 17.9 Å². The van der Waals surface area contributed by atoms with Crippen LogP contribution in [-0.4, -0.2) is 41.7 Å². The zero-order chi connectivity index (χ0) is 14.0. The van der Waals surface area contributed by atoms with Crippen LogP contribution in [0.4, 0.5) is 4.79 Å². The Labute approximate surface area is 113 Å². The molecule has 0 aliphatic carbocycles. The highest BCUT2D eigenvalue weighted by Crippen LogP contribution is 2.19. The van der Waals surface area contributed by atoms with Gasteiger partial charge in [-0.2, -0.15) is 11.8 Å². The number of carbonyl (C=O) groups is 2. The summed E-state index contributed by atoms with van der Waals surface area (Å²) >= 11 is 1.84. The maximum Gasteiger partial charge on any atom is 0.314 e. The molecule has 5 nitrogen and oxygen atoms in total. The van der Waals surface area contributed by atoms with Crippen LogP contribution in [0.25, 0.3) is 0 Å². The molecule has 0 spiro atoms. The summed E-state index contributed by atoms with van der Waals surface area (Å²) in [5.74, 6) is 1.22. The second kappa shape index (κ2) is 9.08. The second-order valence-electron chi connectivity index (χ2n) is 4.38. The van der Waals surface area contributed by atoms with Crippen LogP contribution in [0, 0.1) is 5.41 Å². The summed E-state index contributed by atoms with van der Waals surface area (Å²) in [4.78, 5) is 22.5. The van der Waals surface area contributed by atoms with Crippen LogP contribution in [0.1, 0.15) is 33.6 Å². The van der Waals surface area contributed by atoms with E-state index in [-0.39, 0.29) is 12.6 Å². The molecule has 0 aromatic rings. The SMILES string of the molecule is CCSCCCNC(=O)NCC(C)(CC)C(=O)O. The summed E-state index contributed by atoms with van der Waals surface area (Å²) in [6.07, 6.45) is 1.41. The molecule has 0 radical (unpaired) electrons. The van der Waals surface area contributed by atoms with Crippen molar-refractivity contribution in [3.05, 3.63) is 0 Å². The Morgan fingerprint density at radius 3 is 2.44 bits per heavy atom. The minimum Gasteiger partial charge on any atom is -0.481 e. The lowest BCUT2D eigenvalue weighted by Gasteiger charge is -2.23. The van der Waals surface area contributed by atoms with Crippen molar-refractivity contribution in [1.82, 2.24) is 10.6 Å². The van der Waals surface area contributed by atoms with Crippen LogP contribution >= 0.6 is 11.8 Å². The number of nitrogens with one attached hydrogen (secondary N) is 2. The normalized spacial score (nSPS) is 13.7. The first-order valence-corrected chi connectivity index (χ1v) is 7.44. The fourth-order valence-corrected chi connectivity index (χ4v) is 1.85. The number of carboxylic acids is 1. The molecule has 0 bridgehead atoms. The van der Waals surface area contributed by atoms with Gasteiger partial charge in [0.25, 0.3) is 0 Å². The third-order valence-corrected chi connectivity index (χ3v) is 3.88. The standard InChI is InChI=1S/C12H24N2O3S/c1-4-12(3,10(15)16)9-14-11(17)13-7-6-8-18-5-2/h4-9H2,1-3H3,(H,15,16)(H2,13,14,17). The molecule has 1 atom stereocenters. The summed E-state index contributed by atoms with van der Waals surface area (Å²) in [5, 5.41) is 14.4. The highest BCUT2D eigenvalue weighted by atomic mass is 32.2. The molecule has 0 heterocycles. The molecule has 0 aromatic carbocycles. The first-order chi connectivity index (χ1) is 8.46. The summed E-state index contributed by atoms with van der Waals surface area (Å²) < 4.78 is 0. The number of carbonyl (C=O) groups excluding carboxylic acids is 1. The summed E-state index contributed by atoms with van der Waals surface area (Å²) in [6.45, 7) is 6.30. The van der Waals surface area contributed by atoms with Gasteiger partial charge in [-0.25, -0.2) is 4.79 Å². The molecule has 1 unspecified atom stereocenters. The Balaban J connectivity index is 3.79. The van der Waals surface area contributed by atoms with Crippen LogP contribution in [0.5, 0.6) is 0 Å². The van der Waals surface area contributed by atoms with Crippen LogP contribution in [0.3, 0.4) is 0 Å². The van der Waals surface area contributed by atoms with Gasteiger partial charge in [-0.1, -0.05) is 13.8 Å². The van der Waals surface area contributed by atoms with E-state index in [4.69, 9.17) is 5.11 Å². The quantitative estimate of drug-likeness (QED) is 0.562. The van der Waals surface area contributed by atoms with Crippen LogP contribution in [0.15, 0.2) is 0 Å². The van der Waals surface area contributed by atoms with Crippen molar-refractivity contribution < 1.29 is 14.7 Å².